The summed E-state index contributed by atoms with van der Waals surface area (Å²) in [4.78, 5) is 8.47. The van der Waals surface area contributed by atoms with Gasteiger partial charge in [0.05, 0.1) is 13.4 Å². The van der Waals surface area contributed by atoms with Crippen molar-refractivity contribution in [1.82, 2.24) is 20.2 Å². The van der Waals surface area contributed by atoms with Crippen LogP contribution >= 0.6 is 24.0 Å². The van der Waals surface area contributed by atoms with Gasteiger partial charge in [0, 0.05) is 39.1 Å². The van der Waals surface area contributed by atoms with Crippen LogP contribution in [0, 0.1) is 0 Å². The summed E-state index contributed by atoms with van der Waals surface area (Å²) < 4.78 is 7.29. The van der Waals surface area contributed by atoms with E-state index in [2.05, 4.69) is 73.7 Å². The lowest BCUT2D eigenvalue weighted by atomic mass is 9.98. The van der Waals surface area contributed by atoms with Gasteiger partial charge in [0.1, 0.15) is 5.75 Å². The number of hydrogen-bond donors (Lipinski definition) is 2. The number of halogens is 1. The topological polar surface area (TPSA) is 63.5 Å². The lowest BCUT2D eigenvalue weighted by molar-refractivity contribution is 0.414. The van der Waals surface area contributed by atoms with Crippen molar-refractivity contribution in [3.05, 3.63) is 108 Å². The van der Waals surface area contributed by atoms with Crippen LogP contribution in [0.3, 0.4) is 0 Å². The van der Waals surface area contributed by atoms with Gasteiger partial charge in [-0.1, -0.05) is 60.7 Å². The fraction of sp³-hybridized carbons (Fsp3) is 0.185. The molecule has 0 atom stereocenters. The van der Waals surface area contributed by atoms with Gasteiger partial charge in [-0.15, -0.1) is 24.0 Å². The molecule has 4 rings (SSSR count). The molecule has 0 aliphatic rings. The highest BCUT2D eigenvalue weighted by Crippen LogP contribution is 2.24. The largest absolute Gasteiger partial charge is 0.497 e. The molecule has 1 heterocycles. The Balaban J connectivity index is 0.00000324. The Morgan fingerprint density at radius 2 is 1.62 bits per heavy atom. The summed E-state index contributed by atoms with van der Waals surface area (Å²) in [5.41, 5.74) is 6.03. The highest BCUT2D eigenvalue weighted by atomic mass is 127. The number of nitrogens with zero attached hydrogens (tertiary/aromatic N) is 3. The van der Waals surface area contributed by atoms with Crippen LogP contribution in [-0.4, -0.2) is 29.7 Å². The number of methoxy groups -OCH3 is 1. The molecule has 176 valence electrons. The van der Waals surface area contributed by atoms with E-state index in [-0.39, 0.29) is 24.0 Å². The zero-order valence-corrected chi connectivity index (χ0v) is 21.8. The molecular formula is C27H30IN5O. The number of guanidine groups is 1. The SMILES string of the molecule is CN=C(NCc1ccc(OC)cc1)NCc1ccccc1-c1ccc(Cn2ccnc2)cc1.I. The van der Waals surface area contributed by atoms with Gasteiger partial charge in [-0.25, -0.2) is 4.98 Å². The predicted molar refractivity (Wildman–Crippen MR) is 149 cm³/mol. The lowest BCUT2D eigenvalue weighted by Gasteiger charge is -2.15. The first kappa shape index (κ1) is 25.3. The smallest absolute Gasteiger partial charge is 0.191 e. The fourth-order valence-electron chi connectivity index (χ4n) is 3.67. The van der Waals surface area contributed by atoms with E-state index in [1.165, 1.54) is 22.3 Å². The van der Waals surface area contributed by atoms with E-state index in [4.69, 9.17) is 4.74 Å². The Labute approximate surface area is 218 Å². The minimum absolute atomic E-state index is 0. The molecule has 0 unspecified atom stereocenters. The van der Waals surface area contributed by atoms with Crippen molar-refractivity contribution < 1.29 is 4.74 Å². The lowest BCUT2D eigenvalue weighted by Crippen LogP contribution is -2.36. The van der Waals surface area contributed by atoms with Crippen LogP contribution in [-0.2, 0) is 19.6 Å². The van der Waals surface area contributed by atoms with Crippen molar-refractivity contribution in [2.45, 2.75) is 19.6 Å². The molecule has 4 aromatic rings. The maximum absolute atomic E-state index is 5.22. The fourth-order valence-corrected chi connectivity index (χ4v) is 3.67. The van der Waals surface area contributed by atoms with E-state index < -0.39 is 0 Å². The van der Waals surface area contributed by atoms with E-state index in [0.717, 1.165) is 23.8 Å². The van der Waals surface area contributed by atoms with Crippen molar-refractivity contribution >= 4 is 29.9 Å². The van der Waals surface area contributed by atoms with E-state index in [0.29, 0.717) is 13.1 Å². The van der Waals surface area contributed by atoms with Crippen LogP contribution in [0.1, 0.15) is 16.7 Å². The van der Waals surface area contributed by atoms with Crippen molar-refractivity contribution in [3.63, 3.8) is 0 Å². The van der Waals surface area contributed by atoms with Gasteiger partial charge in [0.15, 0.2) is 5.96 Å². The molecule has 7 heteroatoms. The molecule has 2 N–H and O–H groups in total. The maximum Gasteiger partial charge on any atom is 0.191 e. The van der Waals surface area contributed by atoms with Crippen LogP contribution in [0.2, 0.25) is 0 Å². The average molecular weight is 567 g/mol. The molecule has 0 fully saturated rings. The van der Waals surface area contributed by atoms with Crippen molar-refractivity contribution in [3.8, 4) is 16.9 Å². The third kappa shape index (κ3) is 6.84. The number of benzene rings is 3. The van der Waals surface area contributed by atoms with E-state index in [9.17, 15) is 0 Å². The van der Waals surface area contributed by atoms with Crippen molar-refractivity contribution in [2.24, 2.45) is 4.99 Å². The van der Waals surface area contributed by atoms with Crippen LogP contribution < -0.4 is 15.4 Å². The number of nitrogens with one attached hydrogen (secondary N) is 2. The average Bonchev–Trinajstić information content (AvgIpc) is 3.38. The van der Waals surface area contributed by atoms with E-state index in [1.54, 1.807) is 20.4 Å². The number of hydrogen-bond acceptors (Lipinski definition) is 3. The molecule has 0 radical (unpaired) electrons. The number of ether oxygens (including phenoxy) is 1. The quantitative estimate of drug-likeness (QED) is 0.177. The second-order valence-electron chi connectivity index (χ2n) is 7.72. The maximum atomic E-state index is 5.22. The molecule has 3 aromatic carbocycles. The highest BCUT2D eigenvalue weighted by Gasteiger charge is 2.07. The van der Waals surface area contributed by atoms with Gasteiger partial charge in [-0.2, -0.15) is 0 Å². The molecule has 0 amide bonds. The third-order valence-electron chi connectivity index (χ3n) is 5.50. The first-order valence-electron chi connectivity index (χ1n) is 11.0. The van der Waals surface area contributed by atoms with Crippen LogP contribution in [0.15, 0.2) is 96.5 Å². The first-order valence-corrected chi connectivity index (χ1v) is 11.0. The molecular weight excluding hydrogens is 537 g/mol. The molecule has 0 saturated carbocycles. The van der Waals surface area contributed by atoms with E-state index in [1.807, 2.05) is 36.8 Å². The monoisotopic (exact) mass is 567 g/mol. The summed E-state index contributed by atoms with van der Waals surface area (Å²) in [6, 6.07) is 25.2. The van der Waals surface area contributed by atoms with Crippen LogP contribution in [0.4, 0.5) is 0 Å². The summed E-state index contributed by atoms with van der Waals surface area (Å²) in [5, 5.41) is 6.81. The number of aromatic nitrogens is 2. The minimum Gasteiger partial charge on any atom is -0.497 e. The highest BCUT2D eigenvalue weighted by molar-refractivity contribution is 14.0. The normalized spacial score (nSPS) is 10.9. The second kappa shape index (κ2) is 12.8. The van der Waals surface area contributed by atoms with E-state index >= 15 is 0 Å². The first-order chi connectivity index (χ1) is 16.2. The van der Waals surface area contributed by atoms with Crippen LogP contribution in [0.25, 0.3) is 11.1 Å². The van der Waals surface area contributed by atoms with Gasteiger partial charge in [-0.3, -0.25) is 4.99 Å². The third-order valence-corrected chi connectivity index (χ3v) is 5.50. The van der Waals surface area contributed by atoms with Gasteiger partial charge >= 0.3 is 0 Å². The number of imidazole rings is 1. The Morgan fingerprint density at radius 1 is 0.912 bits per heavy atom. The molecule has 0 bridgehead atoms. The Hall–Kier alpha value is -3.33. The molecule has 0 saturated heterocycles. The van der Waals surface area contributed by atoms with Gasteiger partial charge in [0.25, 0.3) is 0 Å². The van der Waals surface area contributed by atoms with Crippen molar-refractivity contribution in [2.75, 3.05) is 14.2 Å². The van der Waals surface area contributed by atoms with Crippen molar-refractivity contribution in [1.29, 1.82) is 0 Å². The molecule has 0 aliphatic heterocycles. The predicted octanol–water partition coefficient (Wildman–Crippen LogP) is 5.09. The standard InChI is InChI=1S/C27H29N5O.HI/c1-28-27(30-17-21-9-13-25(33-2)14-10-21)31-18-24-5-3-4-6-26(24)23-11-7-22(8-12-23)19-32-16-15-29-20-32;/h3-16,20H,17-19H2,1-2H3,(H2,28,30,31);1H. The zero-order chi connectivity index (χ0) is 22.9. The van der Waals surface area contributed by atoms with Gasteiger partial charge in [0.2, 0.25) is 0 Å². The zero-order valence-electron chi connectivity index (χ0n) is 19.4. The molecule has 0 aliphatic carbocycles. The molecule has 6 nitrogen and oxygen atoms in total. The molecule has 34 heavy (non-hydrogen) atoms. The summed E-state index contributed by atoms with van der Waals surface area (Å²) in [6.07, 6.45) is 5.62. The Bertz CT molecular complexity index is 1170. The second-order valence-corrected chi connectivity index (χ2v) is 7.72. The molecule has 0 spiro atoms. The molecule has 1 aromatic heterocycles. The Kier molecular flexibility index (Phi) is 9.51. The van der Waals surface area contributed by atoms with Crippen LogP contribution in [0.5, 0.6) is 5.75 Å². The summed E-state index contributed by atoms with van der Waals surface area (Å²) >= 11 is 0. The van der Waals surface area contributed by atoms with Gasteiger partial charge < -0.3 is 19.9 Å². The number of rotatable bonds is 8. The summed E-state index contributed by atoms with van der Waals surface area (Å²) in [7, 11) is 3.46. The summed E-state index contributed by atoms with van der Waals surface area (Å²) in [6.45, 7) is 2.18. The summed E-state index contributed by atoms with van der Waals surface area (Å²) in [5.74, 6) is 1.61. The minimum atomic E-state index is 0. The van der Waals surface area contributed by atoms with Gasteiger partial charge in [-0.05, 0) is 39.9 Å². The number of aliphatic imine (C=N–C) groups is 1. The Morgan fingerprint density at radius 3 is 2.29 bits per heavy atom.